The molecule has 3 aliphatic heterocycles. The van der Waals surface area contributed by atoms with E-state index in [9.17, 15) is 14.4 Å². The second kappa shape index (κ2) is 18.5. The van der Waals surface area contributed by atoms with Crippen molar-refractivity contribution in [1.29, 1.82) is 0 Å². The minimum Gasteiger partial charge on any atom is -0.466 e. The molecule has 6 heterocycles. The van der Waals surface area contributed by atoms with Gasteiger partial charge < -0.3 is 28.9 Å². The van der Waals surface area contributed by atoms with E-state index in [0.717, 1.165) is 84.7 Å². The van der Waals surface area contributed by atoms with Gasteiger partial charge in [0.1, 0.15) is 24.3 Å². The van der Waals surface area contributed by atoms with Crippen LogP contribution in [0.3, 0.4) is 0 Å². The van der Waals surface area contributed by atoms with Crippen molar-refractivity contribution in [3.63, 3.8) is 0 Å². The van der Waals surface area contributed by atoms with E-state index < -0.39 is 24.1 Å². The Labute approximate surface area is 351 Å². The van der Waals surface area contributed by atoms with Crippen LogP contribution in [-0.4, -0.2) is 74.5 Å². The zero-order valence-electron chi connectivity index (χ0n) is 36.1. The fourth-order valence-corrected chi connectivity index (χ4v) is 9.52. The molecule has 0 radical (unpaired) electrons. The number of esters is 3. The third-order valence-electron chi connectivity index (χ3n) is 11.9. The molecule has 3 aliphatic rings. The Hall–Kier alpha value is -4.94. The van der Waals surface area contributed by atoms with E-state index in [-0.39, 0.29) is 42.9 Å². The average Bonchev–Trinajstić information content (AvgIpc) is 3.89. The Morgan fingerprint density at radius 3 is 2.19 bits per heavy atom. The number of hydrogen-bond acceptors (Lipinski definition) is 10. The second-order valence-electron chi connectivity index (χ2n) is 15.9. The molecule has 0 amide bonds. The molecular formula is C47H58N4O7S. The first-order valence-corrected chi connectivity index (χ1v) is 21.6. The highest BCUT2D eigenvalue weighted by molar-refractivity contribution is 7.99. The van der Waals surface area contributed by atoms with Gasteiger partial charge in [0.2, 0.25) is 0 Å². The van der Waals surface area contributed by atoms with Crippen molar-refractivity contribution < 1.29 is 33.3 Å². The van der Waals surface area contributed by atoms with Gasteiger partial charge in [-0.1, -0.05) is 33.4 Å². The fourth-order valence-electron chi connectivity index (χ4n) is 8.24. The van der Waals surface area contributed by atoms with Crippen LogP contribution >= 0.6 is 11.8 Å². The first-order chi connectivity index (χ1) is 28.1. The summed E-state index contributed by atoms with van der Waals surface area (Å²) in [6.45, 7) is 23.9. The van der Waals surface area contributed by atoms with Crippen molar-refractivity contribution in [1.82, 2.24) is 19.9 Å². The van der Waals surface area contributed by atoms with Gasteiger partial charge in [0.25, 0.3) is 0 Å². The van der Waals surface area contributed by atoms with Crippen molar-refractivity contribution in [3.05, 3.63) is 75.9 Å². The number of thioether (sulfide) groups is 1. The summed E-state index contributed by atoms with van der Waals surface area (Å²) in [5.74, 6) is -0.329. The van der Waals surface area contributed by atoms with E-state index >= 15 is 0 Å². The molecule has 0 spiro atoms. The molecule has 59 heavy (non-hydrogen) atoms. The number of aromatic amines is 2. The molecule has 3 aromatic heterocycles. The smallest absolute Gasteiger partial charge is 0.306 e. The van der Waals surface area contributed by atoms with Gasteiger partial charge in [-0.3, -0.25) is 14.4 Å². The summed E-state index contributed by atoms with van der Waals surface area (Å²) in [5.41, 5.74) is 15.9. The van der Waals surface area contributed by atoms with Crippen LogP contribution < -0.4 is 0 Å². The highest BCUT2D eigenvalue weighted by atomic mass is 32.2. The third-order valence-corrected chi connectivity index (χ3v) is 13.3. The summed E-state index contributed by atoms with van der Waals surface area (Å²) in [4.78, 5) is 54.2. The van der Waals surface area contributed by atoms with Crippen LogP contribution in [0.5, 0.6) is 0 Å². The summed E-state index contributed by atoms with van der Waals surface area (Å²) in [6.07, 6.45) is 3.01. The van der Waals surface area contributed by atoms with Crippen LogP contribution in [-0.2, 0) is 33.3 Å². The van der Waals surface area contributed by atoms with E-state index in [0.29, 0.717) is 18.6 Å². The maximum atomic E-state index is 13.2. The predicted octanol–water partition coefficient (Wildman–Crippen LogP) is 10.1. The van der Waals surface area contributed by atoms with E-state index in [4.69, 9.17) is 28.9 Å². The number of fused-ring (bicyclic) bond motifs is 8. The molecule has 0 saturated carbocycles. The van der Waals surface area contributed by atoms with Crippen LogP contribution in [0.2, 0.25) is 0 Å². The first kappa shape index (κ1) is 43.6. The van der Waals surface area contributed by atoms with Gasteiger partial charge in [-0.15, -0.1) is 11.8 Å². The Balaban J connectivity index is 1.20. The van der Waals surface area contributed by atoms with Gasteiger partial charge in [-0.05, 0) is 129 Å². The molecule has 1 fully saturated rings. The van der Waals surface area contributed by atoms with E-state index in [1.54, 1.807) is 11.8 Å². The minimum atomic E-state index is -0.563. The first-order valence-electron chi connectivity index (χ1n) is 20.6. The molecule has 0 aromatic carbocycles. The van der Waals surface area contributed by atoms with Gasteiger partial charge in [-0.25, -0.2) is 9.97 Å². The highest BCUT2D eigenvalue weighted by Crippen LogP contribution is 2.40. The molecule has 11 nitrogen and oxygen atoms in total. The van der Waals surface area contributed by atoms with Gasteiger partial charge in [-0.2, -0.15) is 0 Å². The number of nitrogens with one attached hydrogen (secondary N) is 2. The van der Waals surface area contributed by atoms with Crippen LogP contribution in [0.4, 0.5) is 0 Å². The normalized spacial score (nSPS) is 20.5. The van der Waals surface area contributed by atoms with Crippen molar-refractivity contribution in [2.45, 2.75) is 113 Å². The van der Waals surface area contributed by atoms with Crippen LogP contribution in [0, 0.1) is 32.6 Å². The lowest BCUT2D eigenvalue weighted by atomic mass is 9.85. The Morgan fingerprint density at radius 2 is 1.49 bits per heavy atom. The summed E-state index contributed by atoms with van der Waals surface area (Å²) >= 11 is 1.62. The van der Waals surface area contributed by atoms with E-state index in [2.05, 4.69) is 89.3 Å². The SMILES string of the molecule is C=Cc1c(C)c2cc3nc(c(C)c4cc(C)c(cc5nc(cc1[nH]2)C(C)=C5CC)[nH]4)C(CCC(=O)OCCCS[C@@H]1O[C@H](COC(C)=O)[C@@H](OC(C)=O)[C@H](C)[C@H]1C)=C3C. The van der Waals surface area contributed by atoms with Gasteiger partial charge in [0.15, 0.2) is 0 Å². The number of rotatable bonds is 13. The van der Waals surface area contributed by atoms with Crippen LogP contribution in [0.15, 0.2) is 30.8 Å². The highest BCUT2D eigenvalue weighted by Gasteiger charge is 2.44. The van der Waals surface area contributed by atoms with Crippen molar-refractivity contribution in [3.8, 4) is 0 Å². The standard InChI is InChI=1S/C47H58N4O7S/c1-12-33-28(7)39-22-42-34(13-2)27(6)38(49-42)21-40-29(8)35(45(51-40)30(9)37-19-24(3)36(48-37)20-41(33)50-39)15-16-44(54)55-17-14-18-59-47-26(5)25(4)46(57-32(11)53)43(58-47)23-56-31(10)52/h13,19-22,25-26,43,46-49H,2,12,14-18,23H2,1,3-11H3/t25-,26-,43-,46+,47+/m1/s1. The molecular weight excluding hydrogens is 765 g/mol. The Bertz CT molecular complexity index is 2390. The average molecular weight is 823 g/mol. The summed E-state index contributed by atoms with van der Waals surface area (Å²) < 4.78 is 22.9. The molecule has 6 rings (SSSR count). The van der Waals surface area contributed by atoms with Gasteiger partial charge in [0, 0.05) is 53.8 Å². The Morgan fingerprint density at radius 1 is 0.831 bits per heavy atom. The van der Waals surface area contributed by atoms with Crippen molar-refractivity contribution in [2.24, 2.45) is 11.8 Å². The maximum Gasteiger partial charge on any atom is 0.306 e. The molecule has 8 bridgehead atoms. The lowest BCUT2D eigenvalue weighted by Crippen LogP contribution is -2.52. The molecule has 5 atom stereocenters. The van der Waals surface area contributed by atoms with Gasteiger partial charge in [0.05, 0.1) is 29.4 Å². The zero-order chi connectivity index (χ0) is 42.7. The monoisotopic (exact) mass is 822 g/mol. The zero-order valence-corrected chi connectivity index (χ0v) is 36.9. The molecule has 0 aliphatic carbocycles. The summed E-state index contributed by atoms with van der Waals surface area (Å²) in [6, 6.07) is 8.52. The number of carbonyl (C=O) groups excluding carboxylic acids is 3. The molecule has 12 heteroatoms. The van der Waals surface area contributed by atoms with Crippen molar-refractivity contribution >= 4 is 80.1 Å². The lowest BCUT2D eigenvalue weighted by molar-refractivity contribution is -0.191. The topological polar surface area (TPSA) is 145 Å². The number of aryl methyl sites for hydroxylation is 3. The Kier molecular flexibility index (Phi) is 13.7. The summed E-state index contributed by atoms with van der Waals surface area (Å²) in [7, 11) is 0. The van der Waals surface area contributed by atoms with E-state index in [1.807, 2.05) is 13.0 Å². The second-order valence-corrected chi connectivity index (χ2v) is 17.1. The van der Waals surface area contributed by atoms with Crippen LogP contribution in [0.1, 0.15) is 119 Å². The summed E-state index contributed by atoms with van der Waals surface area (Å²) in [5, 5.41) is 0. The number of hydrogen-bond donors (Lipinski definition) is 2. The maximum absolute atomic E-state index is 13.2. The number of allylic oxidation sites excluding steroid dienone is 4. The largest absolute Gasteiger partial charge is 0.466 e. The fraction of sp³-hybridized carbons (Fsp3) is 0.468. The molecule has 314 valence electrons. The number of aromatic nitrogens is 4. The molecule has 0 unspecified atom stereocenters. The molecule has 3 aromatic rings. The molecule has 2 N–H and O–H groups in total. The number of ether oxygens (including phenoxy) is 4. The molecule has 1 saturated heterocycles. The number of carbonyl (C=O) groups is 3. The van der Waals surface area contributed by atoms with Gasteiger partial charge >= 0.3 is 17.9 Å². The quantitative estimate of drug-likeness (QED) is 0.0971. The lowest BCUT2D eigenvalue weighted by Gasteiger charge is -2.43. The number of nitrogens with zero attached hydrogens (tertiary/aromatic N) is 2. The number of H-pyrrole nitrogens is 2. The predicted molar refractivity (Wildman–Crippen MR) is 237 cm³/mol. The van der Waals surface area contributed by atoms with Crippen molar-refractivity contribution in [2.75, 3.05) is 19.0 Å². The van der Waals surface area contributed by atoms with E-state index in [1.165, 1.54) is 25.0 Å². The third kappa shape index (κ3) is 9.44. The minimum absolute atomic E-state index is 0.00862. The van der Waals surface area contributed by atoms with Crippen LogP contribution in [0.25, 0.3) is 50.4 Å².